The minimum Gasteiger partial charge on any atom is -0.376 e. The number of hydrogen-bond donors (Lipinski definition) is 1. The number of halogens is 3. The standard InChI is InChI=1S/C24H33F3N2O/c1-15(2)22-19(7-5-8-20(22)28-14-24(25,26)27)23(30)29-13-12-17(16-10-11-16)18-6-3-4-9-21(18)29/h5,7-8,15-18,21,28H,3-4,6,9-14H2,1-2H3. The van der Waals surface area contributed by atoms with E-state index in [0.717, 1.165) is 37.6 Å². The van der Waals surface area contributed by atoms with Gasteiger partial charge in [0.2, 0.25) is 0 Å². The van der Waals surface area contributed by atoms with Crippen LogP contribution in [0.3, 0.4) is 0 Å². The molecule has 1 N–H and O–H groups in total. The first-order valence-electron chi connectivity index (χ1n) is 11.5. The fraction of sp³-hybridized carbons (Fsp3) is 0.708. The second-order valence-electron chi connectivity index (χ2n) is 9.69. The first kappa shape index (κ1) is 21.5. The highest BCUT2D eigenvalue weighted by Gasteiger charge is 2.46. The molecule has 3 unspecified atom stereocenters. The number of carbonyl (C=O) groups excluding carboxylic acids is 1. The minimum absolute atomic E-state index is 0.000468. The number of piperidine rings is 1. The lowest BCUT2D eigenvalue weighted by Gasteiger charge is -2.48. The van der Waals surface area contributed by atoms with Crippen molar-refractivity contribution in [1.29, 1.82) is 0 Å². The number of fused-ring (bicyclic) bond motifs is 1. The van der Waals surface area contributed by atoms with Gasteiger partial charge in [0.15, 0.2) is 0 Å². The molecule has 1 saturated heterocycles. The molecule has 30 heavy (non-hydrogen) atoms. The molecule has 1 aliphatic heterocycles. The van der Waals surface area contributed by atoms with Crippen molar-refractivity contribution < 1.29 is 18.0 Å². The molecule has 2 saturated carbocycles. The van der Waals surface area contributed by atoms with Crippen molar-refractivity contribution in [2.24, 2.45) is 17.8 Å². The number of rotatable bonds is 5. The van der Waals surface area contributed by atoms with Crippen molar-refractivity contribution in [1.82, 2.24) is 4.90 Å². The molecule has 1 aromatic carbocycles. The Morgan fingerprint density at radius 2 is 1.83 bits per heavy atom. The maximum atomic E-state index is 13.7. The Labute approximate surface area is 177 Å². The van der Waals surface area contributed by atoms with Crippen LogP contribution in [0.15, 0.2) is 18.2 Å². The quantitative estimate of drug-likeness (QED) is 0.611. The van der Waals surface area contributed by atoms with E-state index in [0.29, 0.717) is 22.7 Å². The number of hydrogen-bond acceptors (Lipinski definition) is 2. The van der Waals surface area contributed by atoms with Gasteiger partial charge < -0.3 is 10.2 Å². The van der Waals surface area contributed by atoms with Crippen LogP contribution in [-0.4, -0.2) is 36.1 Å². The summed E-state index contributed by atoms with van der Waals surface area (Å²) in [6.07, 6.45) is 4.13. The maximum absolute atomic E-state index is 13.7. The molecule has 1 aromatic rings. The van der Waals surface area contributed by atoms with Crippen molar-refractivity contribution in [3.05, 3.63) is 29.3 Å². The third kappa shape index (κ3) is 4.47. The molecule has 3 fully saturated rings. The predicted molar refractivity (Wildman–Crippen MR) is 113 cm³/mol. The summed E-state index contributed by atoms with van der Waals surface area (Å²) in [7, 11) is 0. The van der Waals surface area contributed by atoms with Crippen molar-refractivity contribution in [2.45, 2.75) is 76.9 Å². The normalized spacial score (nSPS) is 27.1. The highest BCUT2D eigenvalue weighted by atomic mass is 19.4. The highest BCUT2D eigenvalue weighted by molar-refractivity contribution is 5.97. The van der Waals surface area contributed by atoms with E-state index in [1.165, 1.54) is 25.7 Å². The molecular weight excluding hydrogens is 389 g/mol. The number of benzene rings is 1. The summed E-state index contributed by atoms with van der Waals surface area (Å²) >= 11 is 0. The summed E-state index contributed by atoms with van der Waals surface area (Å²) in [5.41, 5.74) is 1.68. The monoisotopic (exact) mass is 422 g/mol. The molecule has 3 atom stereocenters. The van der Waals surface area contributed by atoms with Gasteiger partial charge in [-0.25, -0.2) is 0 Å². The van der Waals surface area contributed by atoms with Gasteiger partial charge >= 0.3 is 6.18 Å². The van der Waals surface area contributed by atoms with Gasteiger partial charge in [-0.05, 0) is 73.5 Å². The molecule has 2 aliphatic carbocycles. The van der Waals surface area contributed by atoms with Crippen LogP contribution in [0.25, 0.3) is 0 Å². The molecule has 1 amide bonds. The van der Waals surface area contributed by atoms with Crippen LogP contribution in [0.2, 0.25) is 0 Å². The van der Waals surface area contributed by atoms with Gasteiger partial charge in [-0.3, -0.25) is 4.79 Å². The van der Waals surface area contributed by atoms with Crippen molar-refractivity contribution >= 4 is 11.6 Å². The summed E-state index contributed by atoms with van der Waals surface area (Å²) in [6.45, 7) is 3.56. The van der Waals surface area contributed by atoms with E-state index in [2.05, 4.69) is 10.2 Å². The lowest BCUT2D eigenvalue weighted by molar-refractivity contribution is -0.115. The van der Waals surface area contributed by atoms with E-state index in [1.807, 2.05) is 13.8 Å². The van der Waals surface area contributed by atoms with Crippen LogP contribution in [0, 0.1) is 17.8 Å². The largest absolute Gasteiger partial charge is 0.405 e. The van der Waals surface area contributed by atoms with Crippen LogP contribution >= 0.6 is 0 Å². The Hall–Kier alpha value is -1.72. The summed E-state index contributed by atoms with van der Waals surface area (Å²) in [4.78, 5) is 15.8. The second kappa shape index (κ2) is 8.43. The zero-order chi connectivity index (χ0) is 21.5. The average molecular weight is 423 g/mol. The predicted octanol–water partition coefficient (Wildman–Crippen LogP) is 6.22. The Kier molecular flexibility index (Phi) is 6.04. The van der Waals surface area contributed by atoms with Gasteiger partial charge in [-0.1, -0.05) is 32.8 Å². The zero-order valence-electron chi connectivity index (χ0n) is 18.0. The van der Waals surface area contributed by atoms with Crippen LogP contribution in [0.4, 0.5) is 18.9 Å². The number of carbonyl (C=O) groups is 1. The number of anilines is 1. The van der Waals surface area contributed by atoms with Gasteiger partial charge in [0.25, 0.3) is 5.91 Å². The lowest BCUT2D eigenvalue weighted by atomic mass is 9.70. The molecule has 0 aromatic heterocycles. The Bertz CT molecular complexity index is 772. The van der Waals surface area contributed by atoms with E-state index in [1.54, 1.807) is 18.2 Å². The third-order valence-electron chi connectivity index (χ3n) is 7.32. The second-order valence-corrected chi connectivity index (χ2v) is 9.69. The van der Waals surface area contributed by atoms with Crippen LogP contribution in [0.1, 0.15) is 80.6 Å². The van der Waals surface area contributed by atoms with Crippen molar-refractivity contribution in [2.75, 3.05) is 18.4 Å². The van der Waals surface area contributed by atoms with E-state index in [-0.39, 0.29) is 17.9 Å². The van der Waals surface area contributed by atoms with Gasteiger partial charge in [-0.15, -0.1) is 0 Å². The van der Waals surface area contributed by atoms with Gasteiger partial charge in [0.05, 0.1) is 0 Å². The molecule has 0 radical (unpaired) electrons. The molecule has 0 spiro atoms. The molecule has 1 heterocycles. The Balaban J connectivity index is 1.60. The lowest BCUT2D eigenvalue weighted by Crippen LogP contribution is -2.53. The average Bonchev–Trinajstić information content (AvgIpc) is 3.55. The molecule has 3 nitrogen and oxygen atoms in total. The van der Waals surface area contributed by atoms with Crippen LogP contribution in [0.5, 0.6) is 0 Å². The van der Waals surface area contributed by atoms with E-state index >= 15 is 0 Å². The number of alkyl halides is 3. The van der Waals surface area contributed by atoms with E-state index in [4.69, 9.17) is 0 Å². The van der Waals surface area contributed by atoms with Crippen molar-refractivity contribution in [3.63, 3.8) is 0 Å². The summed E-state index contributed by atoms with van der Waals surface area (Å²) in [5, 5.41) is 2.52. The molecular formula is C24H33F3N2O. The summed E-state index contributed by atoms with van der Waals surface area (Å²) in [6, 6.07) is 5.44. The Morgan fingerprint density at radius 3 is 2.50 bits per heavy atom. The zero-order valence-corrected chi connectivity index (χ0v) is 18.0. The minimum atomic E-state index is -4.30. The SMILES string of the molecule is CC(C)c1c(NCC(F)(F)F)cccc1C(=O)N1CCC(C2CC2)C2CCCCC21. The number of amides is 1. The van der Waals surface area contributed by atoms with Crippen LogP contribution in [-0.2, 0) is 0 Å². The smallest absolute Gasteiger partial charge is 0.376 e. The molecule has 4 rings (SSSR count). The molecule has 3 aliphatic rings. The first-order chi connectivity index (χ1) is 14.3. The highest BCUT2D eigenvalue weighted by Crippen LogP contribution is 2.50. The maximum Gasteiger partial charge on any atom is 0.405 e. The number of nitrogens with one attached hydrogen (secondary N) is 1. The fourth-order valence-electron chi connectivity index (χ4n) is 5.93. The van der Waals surface area contributed by atoms with Crippen molar-refractivity contribution in [3.8, 4) is 0 Å². The van der Waals surface area contributed by atoms with Crippen LogP contribution < -0.4 is 5.32 Å². The summed E-state index contributed by atoms with van der Waals surface area (Å²) < 4.78 is 38.3. The topological polar surface area (TPSA) is 32.3 Å². The molecule has 6 heteroatoms. The van der Waals surface area contributed by atoms with E-state index < -0.39 is 12.7 Å². The van der Waals surface area contributed by atoms with Gasteiger partial charge in [-0.2, -0.15) is 13.2 Å². The first-order valence-corrected chi connectivity index (χ1v) is 11.5. The molecule has 166 valence electrons. The van der Waals surface area contributed by atoms with Gasteiger partial charge in [0.1, 0.15) is 6.54 Å². The van der Waals surface area contributed by atoms with Gasteiger partial charge in [0, 0.05) is 23.8 Å². The third-order valence-corrected chi connectivity index (χ3v) is 7.32. The fourth-order valence-corrected chi connectivity index (χ4v) is 5.93. The summed E-state index contributed by atoms with van der Waals surface area (Å²) in [5.74, 6) is 2.16. The number of nitrogens with zero attached hydrogens (tertiary/aromatic N) is 1. The number of likely N-dealkylation sites (tertiary alicyclic amines) is 1. The molecule has 0 bridgehead atoms. The van der Waals surface area contributed by atoms with E-state index in [9.17, 15) is 18.0 Å². The Morgan fingerprint density at radius 1 is 1.10 bits per heavy atom.